The van der Waals surface area contributed by atoms with Gasteiger partial charge in [0.1, 0.15) is 17.5 Å². The van der Waals surface area contributed by atoms with E-state index in [4.69, 9.17) is 4.74 Å². The summed E-state index contributed by atoms with van der Waals surface area (Å²) in [7, 11) is 1.62. The van der Waals surface area contributed by atoms with E-state index in [1.54, 1.807) is 19.2 Å². The number of nitrogens with one attached hydrogen (secondary N) is 1. The van der Waals surface area contributed by atoms with Crippen LogP contribution in [-0.2, 0) is 0 Å². The minimum Gasteiger partial charge on any atom is -0.508 e. The summed E-state index contributed by atoms with van der Waals surface area (Å²) in [5, 5.41) is 23.7. The second-order valence-electron chi connectivity index (χ2n) is 10.2. The Morgan fingerprint density at radius 2 is 1.76 bits per heavy atom. The van der Waals surface area contributed by atoms with E-state index in [1.807, 2.05) is 41.1 Å². The summed E-state index contributed by atoms with van der Waals surface area (Å²) in [6, 6.07) is 14.9. The summed E-state index contributed by atoms with van der Waals surface area (Å²) in [6.45, 7) is 3.05. The average Bonchev–Trinajstić information content (AvgIpc) is 3.44. The molecule has 1 saturated heterocycles. The lowest BCUT2D eigenvalue weighted by Crippen LogP contribution is -2.49. The number of aromatic nitrogens is 5. The van der Waals surface area contributed by atoms with E-state index in [1.165, 1.54) is 19.3 Å². The number of benzene rings is 2. The van der Waals surface area contributed by atoms with Crippen LogP contribution in [0.4, 0.5) is 5.69 Å². The fourth-order valence-electron chi connectivity index (χ4n) is 5.89. The monoisotopic (exact) mass is 515 g/mol. The summed E-state index contributed by atoms with van der Waals surface area (Å²) < 4.78 is 7.33. The van der Waals surface area contributed by atoms with E-state index < -0.39 is 0 Å². The topological polar surface area (TPSA) is 112 Å². The largest absolute Gasteiger partial charge is 0.508 e. The van der Waals surface area contributed by atoms with E-state index in [0.29, 0.717) is 11.3 Å². The van der Waals surface area contributed by atoms with Gasteiger partial charge < -0.3 is 19.7 Å². The minimum atomic E-state index is -0.371. The molecule has 0 amide bonds. The first-order valence-corrected chi connectivity index (χ1v) is 13.4. The van der Waals surface area contributed by atoms with Gasteiger partial charge in [-0.1, -0.05) is 19.3 Å². The molecule has 4 aromatic rings. The standard InChI is InChI=1S/C28H33N7O3/c1-38-23-12-7-19-17-24(28(37)29-25(19)18-23)26(27-30-31-32-35(27)21-5-3-2-4-6-21)34-15-13-33(14-16-34)20-8-10-22(36)11-9-20/h7-12,17-18,21,26,36H,2-6,13-16H2,1H3,(H,29,37). The van der Waals surface area contributed by atoms with Gasteiger partial charge in [-0.05, 0) is 71.1 Å². The van der Waals surface area contributed by atoms with Crippen molar-refractivity contribution in [1.29, 1.82) is 0 Å². The average molecular weight is 516 g/mol. The highest BCUT2D eigenvalue weighted by molar-refractivity contribution is 5.80. The molecule has 0 spiro atoms. The highest BCUT2D eigenvalue weighted by Crippen LogP contribution is 2.34. The van der Waals surface area contributed by atoms with Gasteiger partial charge in [-0.15, -0.1) is 5.10 Å². The van der Waals surface area contributed by atoms with Gasteiger partial charge >= 0.3 is 0 Å². The van der Waals surface area contributed by atoms with Gasteiger partial charge in [0.15, 0.2) is 5.82 Å². The highest BCUT2D eigenvalue weighted by Gasteiger charge is 2.34. The van der Waals surface area contributed by atoms with Gasteiger partial charge in [0.05, 0.1) is 18.7 Å². The first-order chi connectivity index (χ1) is 18.6. The van der Waals surface area contributed by atoms with E-state index in [0.717, 1.165) is 61.4 Å². The Bertz CT molecular complexity index is 1450. The Kier molecular flexibility index (Phi) is 6.71. The highest BCUT2D eigenvalue weighted by atomic mass is 16.5. The number of phenolic OH excluding ortho intramolecular Hbond substituents is 1. The third-order valence-electron chi connectivity index (χ3n) is 7.95. The number of aromatic amines is 1. The Morgan fingerprint density at radius 3 is 2.50 bits per heavy atom. The summed E-state index contributed by atoms with van der Waals surface area (Å²) in [6.07, 6.45) is 5.67. The fourth-order valence-corrected chi connectivity index (χ4v) is 5.89. The van der Waals surface area contributed by atoms with Gasteiger partial charge in [0.25, 0.3) is 5.56 Å². The number of phenols is 1. The number of ether oxygens (including phenoxy) is 1. The van der Waals surface area contributed by atoms with Crippen LogP contribution in [0.25, 0.3) is 10.9 Å². The number of methoxy groups -OCH3 is 1. The number of aromatic hydroxyl groups is 1. The molecule has 1 aliphatic carbocycles. The number of fused-ring (bicyclic) bond motifs is 1. The molecule has 6 rings (SSSR count). The van der Waals surface area contributed by atoms with E-state index >= 15 is 0 Å². The van der Waals surface area contributed by atoms with Gasteiger partial charge in [-0.25, -0.2) is 4.68 Å². The molecule has 1 atom stereocenters. The number of hydrogen-bond donors (Lipinski definition) is 2. The molecule has 2 fully saturated rings. The molecule has 0 radical (unpaired) electrons. The van der Waals surface area contributed by atoms with Crippen molar-refractivity contribution in [2.75, 3.05) is 38.2 Å². The number of pyridine rings is 1. The molecule has 10 heteroatoms. The van der Waals surface area contributed by atoms with Crippen molar-refractivity contribution < 1.29 is 9.84 Å². The maximum Gasteiger partial charge on any atom is 0.253 e. The van der Waals surface area contributed by atoms with Crippen LogP contribution in [0.2, 0.25) is 0 Å². The number of rotatable bonds is 6. The molecular weight excluding hydrogens is 482 g/mol. The molecule has 0 bridgehead atoms. The fraction of sp³-hybridized carbons (Fsp3) is 0.429. The number of anilines is 1. The van der Waals surface area contributed by atoms with Crippen molar-refractivity contribution in [1.82, 2.24) is 30.1 Å². The maximum atomic E-state index is 13.6. The van der Waals surface area contributed by atoms with Crippen molar-refractivity contribution in [2.24, 2.45) is 0 Å². The Labute approximate surface area is 220 Å². The van der Waals surface area contributed by atoms with Crippen LogP contribution < -0.4 is 15.2 Å². The normalized spacial score (nSPS) is 18.1. The predicted octanol–water partition coefficient (Wildman–Crippen LogP) is 3.65. The number of hydrogen-bond acceptors (Lipinski definition) is 8. The summed E-state index contributed by atoms with van der Waals surface area (Å²) in [4.78, 5) is 21.3. The predicted molar refractivity (Wildman–Crippen MR) is 145 cm³/mol. The van der Waals surface area contributed by atoms with Crippen LogP contribution in [0.1, 0.15) is 55.6 Å². The lowest BCUT2D eigenvalue weighted by atomic mass is 9.95. The Balaban J connectivity index is 1.38. The molecule has 1 saturated carbocycles. The maximum absolute atomic E-state index is 13.6. The number of nitrogens with zero attached hydrogens (tertiary/aromatic N) is 6. The third kappa shape index (κ3) is 4.71. The smallest absolute Gasteiger partial charge is 0.253 e. The molecule has 10 nitrogen and oxygen atoms in total. The number of tetrazole rings is 1. The van der Waals surface area contributed by atoms with Crippen LogP contribution in [0.5, 0.6) is 11.5 Å². The lowest BCUT2D eigenvalue weighted by molar-refractivity contribution is 0.192. The summed E-state index contributed by atoms with van der Waals surface area (Å²) >= 11 is 0. The van der Waals surface area contributed by atoms with Crippen molar-refractivity contribution >= 4 is 16.6 Å². The molecule has 1 aliphatic heterocycles. The van der Waals surface area contributed by atoms with Crippen molar-refractivity contribution in [3.63, 3.8) is 0 Å². The van der Waals surface area contributed by atoms with Crippen LogP contribution >= 0.6 is 0 Å². The van der Waals surface area contributed by atoms with E-state index in [9.17, 15) is 9.90 Å². The van der Waals surface area contributed by atoms with Crippen molar-refractivity contribution in [3.05, 3.63) is 70.3 Å². The van der Waals surface area contributed by atoms with Gasteiger partial charge in [-0.2, -0.15) is 0 Å². The molecular formula is C28H33N7O3. The summed E-state index contributed by atoms with van der Waals surface area (Å²) in [5.41, 5.74) is 2.31. The SMILES string of the molecule is COc1ccc2cc(C(c3nnnn3C3CCCCC3)N3CCN(c4ccc(O)cc4)CC3)c(=O)[nH]c2c1. The van der Waals surface area contributed by atoms with Crippen molar-refractivity contribution in [2.45, 2.75) is 44.2 Å². The zero-order chi connectivity index (χ0) is 26.1. The Morgan fingerprint density at radius 1 is 1.00 bits per heavy atom. The van der Waals surface area contributed by atoms with Gasteiger partial charge in [0.2, 0.25) is 0 Å². The minimum absolute atomic E-state index is 0.144. The molecule has 3 heterocycles. The van der Waals surface area contributed by atoms with Crippen LogP contribution in [0.15, 0.2) is 53.3 Å². The molecule has 2 aromatic carbocycles. The van der Waals surface area contributed by atoms with Crippen LogP contribution in [0.3, 0.4) is 0 Å². The second-order valence-corrected chi connectivity index (χ2v) is 10.2. The second kappa shape index (κ2) is 10.4. The van der Waals surface area contributed by atoms with Crippen LogP contribution in [0, 0.1) is 0 Å². The third-order valence-corrected chi connectivity index (χ3v) is 7.95. The first kappa shape index (κ1) is 24.4. The van der Waals surface area contributed by atoms with Crippen molar-refractivity contribution in [3.8, 4) is 11.5 Å². The molecule has 2 aliphatic rings. The summed E-state index contributed by atoms with van der Waals surface area (Å²) in [5.74, 6) is 1.69. The molecule has 2 aromatic heterocycles. The van der Waals surface area contributed by atoms with Gasteiger partial charge in [-0.3, -0.25) is 9.69 Å². The zero-order valence-electron chi connectivity index (χ0n) is 21.6. The van der Waals surface area contributed by atoms with E-state index in [-0.39, 0.29) is 23.4 Å². The zero-order valence-corrected chi connectivity index (χ0v) is 21.6. The molecule has 38 heavy (non-hydrogen) atoms. The Hall–Kier alpha value is -3.92. The first-order valence-electron chi connectivity index (χ1n) is 13.4. The molecule has 1 unspecified atom stereocenters. The van der Waals surface area contributed by atoms with Gasteiger partial charge in [0, 0.05) is 43.5 Å². The van der Waals surface area contributed by atoms with E-state index in [2.05, 4.69) is 30.3 Å². The molecule has 2 N–H and O–H groups in total. The number of H-pyrrole nitrogens is 1. The quantitative estimate of drug-likeness (QED) is 0.400. The lowest BCUT2D eigenvalue weighted by Gasteiger charge is -2.40. The molecule has 198 valence electrons. The van der Waals surface area contributed by atoms with Crippen LogP contribution in [-0.4, -0.2) is 68.5 Å². The number of piperazine rings is 1.